The fraction of sp³-hybridized carbons (Fsp3) is 0.0909. The molecule has 140 valence electrons. The minimum absolute atomic E-state index is 0.596. The van der Waals surface area contributed by atoms with Crippen molar-refractivity contribution in [2.75, 3.05) is 12.4 Å². The maximum absolute atomic E-state index is 6.26. The van der Waals surface area contributed by atoms with E-state index in [2.05, 4.69) is 32.3 Å². The van der Waals surface area contributed by atoms with Gasteiger partial charge in [0.1, 0.15) is 5.75 Å². The van der Waals surface area contributed by atoms with Crippen molar-refractivity contribution in [2.45, 2.75) is 6.54 Å². The van der Waals surface area contributed by atoms with E-state index in [9.17, 15) is 0 Å². The maximum atomic E-state index is 6.26. The number of ether oxygens (including phenoxy) is 1. The molecule has 2 heterocycles. The third kappa shape index (κ3) is 3.96. The second kappa shape index (κ2) is 8.17. The zero-order chi connectivity index (χ0) is 19.5. The summed E-state index contributed by atoms with van der Waals surface area (Å²) in [6.07, 6.45) is 1.77. The third-order valence-corrected chi connectivity index (χ3v) is 5.19. The molecule has 0 unspecified atom stereocenters. The van der Waals surface area contributed by atoms with Gasteiger partial charge in [-0.25, -0.2) is 4.98 Å². The van der Waals surface area contributed by atoms with Crippen molar-refractivity contribution in [3.8, 4) is 17.1 Å². The highest BCUT2D eigenvalue weighted by molar-refractivity contribution is 9.10. The molecule has 0 aliphatic carbocycles. The molecule has 2 aromatic heterocycles. The number of hydrogen-bond donors (Lipinski definition) is 1. The normalized spacial score (nSPS) is 10.8. The van der Waals surface area contributed by atoms with Gasteiger partial charge in [-0.2, -0.15) is 0 Å². The number of aromatic nitrogens is 2. The molecule has 0 fully saturated rings. The zero-order valence-electron chi connectivity index (χ0n) is 15.1. The summed E-state index contributed by atoms with van der Waals surface area (Å²) in [5, 5.41) is 5.15. The van der Waals surface area contributed by atoms with Gasteiger partial charge in [-0.05, 0) is 54.1 Å². The molecule has 4 rings (SSSR count). The molecule has 0 aliphatic rings. The van der Waals surface area contributed by atoms with Crippen LogP contribution in [0.1, 0.15) is 5.56 Å². The first kappa shape index (κ1) is 18.7. The highest BCUT2D eigenvalue weighted by atomic mass is 79.9. The van der Waals surface area contributed by atoms with Crippen LogP contribution in [0, 0.1) is 0 Å². The lowest BCUT2D eigenvalue weighted by atomic mass is 10.1. The van der Waals surface area contributed by atoms with E-state index >= 15 is 0 Å². The number of hydrogen-bond acceptors (Lipinski definition) is 4. The van der Waals surface area contributed by atoms with E-state index < -0.39 is 0 Å². The molecule has 1 N–H and O–H groups in total. The number of nitrogens with one attached hydrogen (secondary N) is 1. The topological polar surface area (TPSA) is 47.0 Å². The van der Waals surface area contributed by atoms with Gasteiger partial charge in [-0.3, -0.25) is 4.98 Å². The van der Waals surface area contributed by atoms with Crippen LogP contribution in [-0.4, -0.2) is 17.1 Å². The van der Waals surface area contributed by atoms with E-state index in [1.54, 1.807) is 13.3 Å². The van der Waals surface area contributed by atoms with Crippen LogP contribution >= 0.6 is 27.5 Å². The number of nitrogens with zero attached hydrogens (tertiary/aromatic N) is 2. The number of halogens is 2. The number of methoxy groups -OCH3 is 1. The van der Waals surface area contributed by atoms with Crippen LogP contribution in [0.5, 0.6) is 5.75 Å². The Morgan fingerprint density at radius 1 is 1.04 bits per heavy atom. The summed E-state index contributed by atoms with van der Waals surface area (Å²) in [5.41, 5.74) is 4.61. The van der Waals surface area contributed by atoms with Gasteiger partial charge in [0, 0.05) is 28.3 Å². The van der Waals surface area contributed by atoms with Crippen molar-refractivity contribution in [1.82, 2.24) is 9.97 Å². The highest BCUT2D eigenvalue weighted by Crippen LogP contribution is 2.31. The van der Waals surface area contributed by atoms with Gasteiger partial charge in [0.05, 0.1) is 29.0 Å². The van der Waals surface area contributed by atoms with Crippen molar-refractivity contribution in [3.05, 3.63) is 81.9 Å². The zero-order valence-corrected chi connectivity index (χ0v) is 17.5. The SMILES string of the molecule is COc1ccc(CNc2cc(-c3ccccn3)nc3ccc(Br)cc23)cc1Cl. The summed E-state index contributed by atoms with van der Waals surface area (Å²) in [5.74, 6) is 0.668. The Morgan fingerprint density at radius 2 is 1.93 bits per heavy atom. The molecule has 0 aliphatic heterocycles. The van der Waals surface area contributed by atoms with E-state index in [0.717, 1.165) is 38.0 Å². The second-order valence-corrected chi connectivity index (χ2v) is 7.58. The van der Waals surface area contributed by atoms with E-state index in [4.69, 9.17) is 21.3 Å². The fourth-order valence-electron chi connectivity index (χ4n) is 3.01. The molecule has 0 atom stereocenters. The van der Waals surface area contributed by atoms with E-state index in [1.807, 2.05) is 54.6 Å². The third-order valence-electron chi connectivity index (χ3n) is 4.40. The van der Waals surface area contributed by atoms with Crippen LogP contribution in [0.3, 0.4) is 0 Å². The maximum Gasteiger partial charge on any atom is 0.137 e. The molecular formula is C22H17BrClN3O. The average molecular weight is 455 g/mol. The van der Waals surface area contributed by atoms with E-state index in [1.165, 1.54) is 0 Å². The first-order valence-corrected chi connectivity index (χ1v) is 9.89. The van der Waals surface area contributed by atoms with Crippen molar-refractivity contribution in [1.29, 1.82) is 0 Å². The molecule has 6 heteroatoms. The Bertz CT molecular complexity index is 1140. The smallest absolute Gasteiger partial charge is 0.137 e. The van der Waals surface area contributed by atoms with Crippen molar-refractivity contribution < 1.29 is 4.74 Å². The molecule has 0 radical (unpaired) electrons. The molecule has 4 nitrogen and oxygen atoms in total. The first-order chi connectivity index (χ1) is 13.6. The Morgan fingerprint density at radius 3 is 2.68 bits per heavy atom. The number of benzene rings is 2. The molecule has 0 saturated heterocycles. The summed E-state index contributed by atoms with van der Waals surface area (Å²) in [6, 6.07) is 19.7. The molecule has 0 amide bonds. The van der Waals surface area contributed by atoms with E-state index in [0.29, 0.717) is 17.3 Å². The fourth-order valence-corrected chi connectivity index (χ4v) is 3.65. The summed E-state index contributed by atoms with van der Waals surface area (Å²) in [4.78, 5) is 9.21. The minimum atomic E-state index is 0.596. The summed E-state index contributed by atoms with van der Waals surface area (Å²) in [6.45, 7) is 0.622. The van der Waals surface area contributed by atoms with Gasteiger partial charge in [-0.1, -0.05) is 39.7 Å². The number of fused-ring (bicyclic) bond motifs is 1. The predicted octanol–water partition coefficient (Wildman–Crippen LogP) is 6.33. The standard InChI is InChI=1S/C22H17BrClN3O/c1-28-22-8-5-14(10-17(22)24)13-26-20-12-21(19-4-2-3-9-25-19)27-18-7-6-15(23)11-16(18)20/h2-12H,13H2,1H3,(H,26,27). The van der Waals surface area contributed by atoms with Crippen molar-refractivity contribution >= 4 is 44.1 Å². The molecule has 2 aromatic carbocycles. The molecule has 4 aromatic rings. The summed E-state index contributed by atoms with van der Waals surface area (Å²) in [7, 11) is 1.61. The lowest BCUT2D eigenvalue weighted by molar-refractivity contribution is 0.415. The minimum Gasteiger partial charge on any atom is -0.495 e. The van der Waals surface area contributed by atoms with Gasteiger partial charge in [0.2, 0.25) is 0 Å². The number of rotatable bonds is 5. The molecular weight excluding hydrogens is 438 g/mol. The van der Waals surface area contributed by atoms with Crippen molar-refractivity contribution in [3.63, 3.8) is 0 Å². The first-order valence-electron chi connectivity index (χ1n) is 8.72. The van der Waals surface area contributed by atoms with Gasteiger partial charge in [0.25, 0.3) is 0 Å². The van der Waals surface area contributed by atoms with Crippen LogP contribution in [0.4, 0.5) is 5.69 Å². The van der Waals surface area contributed by atoms with Gasteiger partial charge >= 0.3 is 0 Å². The van der Waals surface area contributed by atoms with Gasteiger partial charge in [0.15, 0.2) is 0 Å². The summed E-state index contributed by atoms with van der Waals surface area (Å²) < 4.78 is 6.23. The summed E-state index contributed by atoms with van der Waals surface area (Å²) >= 11 is 9.81. The molecule has 0 bridgehead atoms. The Balaban J connectivity index is 1.72. The van der Waals surface area contributed by atoms with Crippen LogP contribution in [-0.2, 0) is 6.54 Å². The predicted molar refractivity (Wildman–Crippen MR) is 118 cm³/mol. The largest absolute Gasteiger partial charge is 0.495 e. The average Bonchev–Trinajstić information content (AvgIpc) is 2.72. The van der Waals surface area contributed by atoms with Crippen LogP contribution in [0.2, 0.25) is 5.02 Å². The lowest BCUT2D eigenvalue weighted by Crippen LogP contribution is -2.02. The van der Waals surface area contributed by atoms with Crippen molar-refractivity contribution in [2.24, 2.45) is 0 Å². The van der Waals surface area contributed by atoms with Crippen LogP contribution in [0.25, 0.3) is 22.3 Å². The Labute approximate surface area is 176 Å². The highest BCUT2D eigenvalue weighted by Gasteiger charge is 2.10. The quantitative estimate of drug-likeness (QED) is 0.382. The van der Waals surface area contributed by atoms with Crippen LogP contribution < -0.4 is 10.1 Å². The second-order valence-electron chi connectivity index (χ2n) is 6.25. The van der Waals surface area contributed by atoms with E-state index in [-0.39, 0.29) is 0 Å². The Hall–Kier alpha value is -2.63. The number of anilines is 1. The molecule has 0 spiro atoms. The monoisotopic (exact) mass is 453 g/mol. The lowest BCUT2D eigenvalue weighted by Gasteiger charge is -2.13. The van der Waals surface area contributed by atoms with Crippen LogP contribution in [0.15, 0.2) is 71.3 Å². The molecule has 28 heavy (non-hydrogen) atoms. The van der Waals surface area contributed by atoms with Gasteiger partial charge in [-0.15, -0.1) is 0 Å². The number of pyridine rings is 2. The van der Waals surface area contributed by atoms with Gasteiger partial charge < -0.3 is 10.1 Å². The Kier molecular flexibility index (Phi) is 5.46. The molecule has 0 saturated carbocycles.